The summed E-state index contributed by atoms with van der Waals surface area (Å²) in [5.41, 5.74) is 1.93. The van der Waals surface area contributed by atoms with E-state index in [1.54, 1.807) is 6.07 Å². The van der Waals surface area contributed by atoms with Gasteiger partial charge in [0.15, 0.2) is 0 Å². The average Bonchev–Trinajstić information content (AvgIpc) is 2.47. The van der Waals surface area contributed by atoms with E-state index in [0.717, 1.165) is 30.0 Å². The van der Waals surface area contributed by atoms with Crippen LogP contribution in [0.25, 0.3) is 0 Å². The fraction of sp³-hybridized carbons (Fsp3) is 0.333. The number of rotatable bonds is 7. The summed E-state index contributed by atoms with van der Waals surface area (Å²) in [4.78, 5) is 0. The van der Waals surface area contributed by atoms with E-state index in [9.17, 15) is 4.39 Å². The summed E-state index contributed by atoms with van der Waals surface area (Å²) in [5, 5.41) is 4.25. The molecule has 0 aliphatic heterocycles. The maximum absolute atomic E-state index is 13.8. The zero-order valence-electron chi connectivity index (χ0n) is 12.3. The Kier molecular flexibility index (Phi) is 6.21. The van der Waals surface area contributed by atoms with Crippen LogP contribution in [0.5, 0.6) is 0 Å². The Morgan fingerprint density at radius 1 is 1.10 bits per heavy atom. The minimum absolute atomic E-state index is 0.133. The van der Waals surface area contributed by atoms with Crippen molar-refractivity contribution in [1.29, 1.82) is 0 Å². The first-order chi connectivity index (χ1) is 10.2. The van der Waals surface area contributed by atoms with E-state index in [4.69, 9.17) is 11.6 Å². The number of hydrogen-bond donors (Lipinski definition) is 1. The van der Waals surface area contributed by atoms with Gasteiger partial charge in [-0.2, -0.15) is 0 Å². The Hall–Kier alpha value is -1.38. The largest absolute Gasteiger partial charge is 0.313 e. The Morgan fingerprint density at radius 3 is 2.62 bits per heavy atom. The fourth-order valence-corrected chi connectivity index (χ4v) is 2.66. The van der Waals surface area contributed by atoms with Crippen molar-refractivity contribution < 1.29 is 4.39 Å². The smallest absolute Gasteiger partial charge is 0.126 e. The van der Waals surface area contributed by atoms with Crippen LogP contribution in [0.1, 0.15) is 24.5 Å². The zero-order chi connectivity index (χ0) is 15.1. The van der Waals surface area contributed by atoms with Crippen LogP contribution >= 0.6 is 11.6 Å². The first kappa shape index (κ1) is 16.0. The third-order valence-electron chi connectivity index (χ3n) is 3.48. The van der Waals surface area contributed by atoms with Crippen molar-refractivity contribution in [2.45, 2.75) is 32.2 Å². The lowest BCUT2D eigenvalue weighted by atomic mass is 9.98. The van der Waals surface area contributed by atoms with Crippen LogP contribution in [0.3, 0.4) is 0 Å². The summed E-state index contributed by atoms with van der Waals surface area (Å²) in [6, 6.07) is 15.1. The first-order valence-corrected chi connectivity index (χ1v) is 7.78. The third kappa shape index (κ3) is 5.14. The Morgan fingerprint density at radius 2 is 1.90 bits per heavy atom. The molecule has 0 spiro atoms. The van der Waals surface area contributed by atoms with Gasteiger partial charge in [-0.1, -0.05) is 48.9 Å². The topological polar surface area (TPSA) is 12.0 Å². The summed E-state index contributed by atoms with van der Waals surface area (Å²) in [6.45, 7) is 3.06. The number of benzene rings is 2. The number of nitrogens with one attached hydrogen (secondary N) is 1. The minimum atomic E-state index is -0.133. The van der Waals surface area contributed by atoms with Crippen LogP contribution in [0.2, 0.25) is 5.02 Å². The standard InChI is InChI=1S/C18H21ClFN/c1-2-10-21-17(12-14-6-5-8-16(19)11-14)13-15-7-3-4-9-18(15)20/h3-9,11,17,21H,2,10,12-13H2,1H3. The lowest BCUT2D eigenvalue weighted by Crippen LogP contribution is -2.34. The van der Waals surface area contributed by atoms with Gasteiger partial charge in [-0.05, 0) is 55.1 Å². The van der Waals surface area contributed by atoms with E-state index in [2.05, 4.69) is 18.3 Å². The summed E-state index contributed by atoms with van der Waals surface area (Å²) in [7, 11) is 0. The molecular weight excluding hydrogens is 285 g/mol. The van der Waals surface area contributed by atoms with E-state index < -0.39 is 0 Å². The summed E-state index contributed by atoms with van der Waals surface area (Å²) >= 11 is 6.04. The maximum Gasteiger partial charge on any atom is 0.126 e. The Labute approximate surface area is 131 Å². The number of hydrogen-bond acceptors (Lipinski definition) is 1. The molecule has 112 valence electrons. The van der Waals surface area contributed by atoms with Gasteiger partial charge in [0.05, 0.1) is 0 Å². The molecule has 1 nitrogen and oxygen atoms in total. The highest BCUT2D eigenvalue weighted by Crippen LogP contribution is 2.15. The Balaban J connectivity index is 2.09. The molecule has 0 saturated carbocycles. The zero-order valence-corrected chi connectivity index (χ0v) is 13.0. The molecule has 1 atom stereocenters. The van der Waals surface area contributed by atoms with Crippen LogP contribution < -0.4 is 5.32 Å². The molecule has 0 bridgehead atoms. The highest BCUT2D eigenvalue weighted by atomic mass is 35.5. The van der Waals surface area contributed by atoms with E-state index >= 15 is 0 Å². The van der Waals surface area contributed by atoms with E-state index in [-0.39, 0.29) is 11.9 Å². The summed E-state index contributed by atoms with van der Waals surface area (Å²) in [5.74, 6) is -0.133. The van der Waals surface area contributed by atoms with Crippen LogP contribution in [0.15, 0.2) is 48.5 Å². The maximum atomic E-state index is 13.8. The second kappa shape index (κ2) is 8.16. The molecule has 2 rings (SSSR count). The lowest BCUT2D eigenvalue weighted by molar-refractivity contribution is 0.492. The fourth-order valence-electron chi connectivity index (χ4n) is 2.44. The quantitative estimate of drug-likeness (QED) is 0.786. The minimum Gasteiger partial charge on any atom is -0.313 e. The highest BCUT2D eigenvalue weighted by Gasteiger charge is 2.12. The van der Waals surface area contributed by atoms with Crippen molar-refractivity contribution in [1.82, 2.24) is 5.32 Å². The van der Waals surface area contributed by atoms with Crippen LogP contribution in [0.4, 0.5) is 4.39 Å². The predicted molar refractivity (Wildman–Crippen MR) is 87.3 cm³/mol. The van der Waals surface area contributed by atoms with Gasteiger partial charge in [-0.25, -0.2) is 4.39 Å². The van der Waals surface area contributed by atoms with Crippen molar-refractivity contribution in [3.63, 3.8) is 0 Å². The van der Waals surface area contributed by atoms with Crippen molar-refractivity contribution in [2.75, 3.05) is 6.54 Å². The predicted octanol–water partition coefficient (Wildman–Crippen LogP) is 4.63. The number of halogens is 2. The molecule has 0 aliphatic carbocycles. The molecule has 0 aliphatic rings. The van der Waals surface area contributed by atoms with Crippen molar-refractivity contribution in [2.24, 2.45) is 0 Å². The second-order valence-electron chi connectivity index (χ2n) is 5.28. The van der Waals surface area contributed by atoms with Crippen molar-refractivity contribution in [3.05, 3.63) is 70.5 Å². The molecule has 2 aromatic carbocycles. The molecule has 0 fully saturated rings. The molecule has 0 amide bonds. The van der Waals surface area contributed by atoms with Gasteiger partial charge in [0.1, 0.15) is 5.82 Å². The molecule has 0 heterocycles. The molecule has 1 unspecified atom stereocenters. The third-order valence-corrected chi connectivity index (χ3v) is 3.71. The van der Waals surface area contributed by atoms with Gasteiger partial charge < -0.3 is 5.32 Å². The first-order valence-electron chi connectivity index (χ1n) is 7.40. The van der Waals surface area contributed by atoms with Crippen LogP contribution in [-0.2, 0) is 12.8 Å². The SMILES string of the molecule is CCCNC(Cc1cccc(Cl)c1)Cc1ccccc1F. The molecule has 0 saturated heterocycles. The van der Waals surface area contributed by atoms with E-state index in [1.165, 1.54) is 11.6 Å². The highest BCUT2D eigenvalue weighted by molar-refractivity contribution is 6.30. The Bertz CT molecular complexity index is 571. The van der Waals surface area contributed by atoms with Crippen LogP contribution in [0, 0.1) is 5.82 Å². The van der Waals surface area contributed by atoms with Gasteiger partial charge in [0, 0.05) is 11.1 Å². The lowest BCUT2D eigenvalue weighted by Gasteiger charge is -2.19. The molecule has 21 heavy (non-hydrogen) atoms. The van der Waals surface area contributed by atoms with Crippen molar-refractivity contribution in [3.8, 4) is 0 Å². The van der Waals surface area contributed by atoms with E-state index in [1.807, 2.05) is 30.3 Å². The normalized spacial score (nSPS) is 12.3. The molecule has 3 heteroatoms. The molecular formula is C18H21ClFN. The van der Waals surface area contributed by atoms with Crippen molar-refractivity contribution >= 4 is 11.6 Å². The van der Waals surface area contributed by atoms with Gasteiger partial charge in [0.25, 0.3) is 0 Å². The molecule has 0 aromatic heterocycles. The monoisotopic (exact) mass is 305 g/mol. The summed E-state index contributed by atoms with van der Waals surface area (Å²) in [6.07, 6.45) is 2.58. The van der Waals surface area contributed by atoms with Gasteiger partial charge in [0.2, 0.25) is 0 Å². The molecule has 0 radical (unpaired) electrons. The van der Waals surface area contributed by atoms with Gasteiger partial charge in [-0.15, -0.1) is 0 Å². The average molecular weight is 306 g/mol. The molecule has 1 N–H and O–H groups in total. The van der Waals surface area contributed by atoms with Gasteiger partial charge in [-0.3, -0.25) is 0 Å². The second-order valence-corrected chi connectivity index (χ2v) is 5.72. The van der Waals surface area contributed by atoms with E-state index in [0.29, 0.717) is 6.42 Å². The van der Waals surface area contributed by atoms with Crippen LogP contribution in [-0.4, -0.2) is 12.6 Å². The molecule has 2 aromatic rings. The van der Waals surface area contributed by atoms with Gasteiger partial charge >= 0.3 is 0 Å². The summed E-state index contributed by atoms with van der Waals surface area (Å²) < 4.78 is 13.8.